The monoisotopic (exact) mass is 267 g/mol. The molecule has 20 heavy (non-hydrogen) atoms. The molecule has 2 heteroatoms. The molecule has 2 rings (SSSR count). The average Bonchev–Trinajstić information content (AvgIpc) is 2.50. The van der Waals surface area contributed by atoms with E-state index in [-0.39, 0.29) is 11.8 Å². The van der Waals surface area contributed by atoms with Crippen LogP contribution in [0.25, 0.3) is 0 Å². The number of anilines is 1. The molecule has 0 aliphatic carbocycles. The molecular formula is C18H21NO. The van der Waals surface area contributed by atoms with Crippen molar-refractivity contribution >= 4 is 11.6 Å². The predicted molar refractivity (Wildman–Crippen MR) is 83.8 cm³/mol. The molecule has 104 valence electrons. The third-order valence-corrected chi connectivity index (χ3v) is 3.46. The first-order chi connectivity index (χ1) is 9.72. The van der Waals surface area contributed by atoms with Crippen molar-refractivity contribution in [3.8, 4) is 0 Å². The van der Waals surface area contributed by atoms with E-state index in [2.05, 4.69) is 12.1 Å². The molecule has 1 amide bonds. The number of rotatable bonds is 5. The zero-order valence-electron chi connectivity index (χ0n) is 12.1. The van der Waals surface area contributed by atoms with E-state index in [0.717, 1.165) is 12.1 Å². The first-order valence-corrected chi connectivity index (χ1v) is 7.12. The molecule has 0 N–H and O–H groups in total. The zero-order chi connectivity index (χ0) is 14.4. The molecule has 0 aliphatic rings. The number of nitrogens with zero attached hydrogens (tertiary/aromatic N) is 1. The van der Waals surface area contributed by atoms with Gasteiger partial charge in [0.05, 0.1) is 0 Å². The predicted octanol–water partition coefficient (Wildman–Crippen LogP) is 3.92. The second-order valence-corrected chi connectivity index (χ2v) is 5.01. The Morgan fingerprint density at radius 3 is 2.10 bits per heavy atom. The second-order valence-electron chi connectivity index (χ2n) is 5.01. The Hall–Kier alpha value is -2.09. The van der Waals surface area contributed by atoms with Crippen LogP contribution in [0.15, 0.2) is 60.7 Å². The standard InChI is InChI=1S/C18H21NO/c1-3-19(17-12-8-5-9-13-17)18(20)15(2)14-16-10-6-4-7-11-16/h4-13,15H,3,14H2,1-2H3. The van der Waals surface area contributed by atoms with Crippen molar-refractivity contribution in [3.63, 3.8) is 0 Å². The molecule has 0 radical (unpaired) electrons. The van der Waals surface area contributed by atoms with Gasteiger partial charge in [0.15, 0.2) is 0 Å². The van der Waals surface area contributed by atoms with Gasteiger partial charge in [0.25, 0.3) is 0 Å². The lowest BCUT2D eigenvalue weighted by atomic mass is 9.99. The molecule has 0 bridgehead atoms. The summed E-state index contributed by atoms with van der Waals surface area (Å²) in [6, 6.07) is 20.0. The highest BCUT2D eigenvalue weighted by Crippen LogP contribution is 2.18. The lowest BCUT2D eigenvalue weighted by molar-refractivity contribution is -0.121. The van der Waals surface area contributed by atoms with E-state index in [4.69, 9.17) is 0 Å². The summed E-state index contributed by atoms with van der Waals surface area (Å²) in [6.45, 7) is 4.71. The van der Waals surface area contributed by atoms with E-state index in [1.54, 1.807) is 0 Å². The van der Waals surface area contributed by atoms with Crippen molar-refractivity contribution in [1.82, 2.24) is 0 Å². The van der Waals surface area contributed by atoms with E-state index < -0.39 is 0 Å². The number of carbonyl (C=O) groups excluding carboxylic acids is 1. The Kier molecular flexibility index (Phi) is 4.94. The Bertz CT molecular complexity index is 536. The van der Waals surface area contributed by atoms with Gasteiger partial charge >= 0.3 is 0 Å². The van der Waals surface area contributed by atoms with Crippen molar-refractivity contribution in [2.24, 2.45) is 5.92 Å². The number of hydrogen-bond acceptors (Lipinski definition) is 1. The van der Waals surface area contributed by atoms with E-state index in [1.165, 1.54) is 5.56 Å². The van der Waals surface area contributed by atoms with Crippen LogP contribution in [0.4, 0.5) is 5.69 Å². The van der Waals surface area contributed by atoms with E-state index in [0.29, 0.717) is 6.54 Å². The molecule has 2 aromatic rings. The highest BCUT2D eigenvalue weighted by Gasteiger charge is 2.20. The van der Waals surface area contributed by atoms with Gasteiger partial charge in [-0.1, -0.05) is 55.5 Å². The van der Waals surface area contributed by atoms with Crippen molar-refractivity contribution in [3.05, 3.63) is 66.2 Å². The summed E-state index contributed by atoms with van der Waals surface area (Å²) < 4.78 is 0. The van der Waals surface area contributed by atoms with Crippen LogP contribution in [0, 0.1) is 5.92 Å². The van der Waals surface area contributed by atoms with Crippen molar-refractivity contribution in [1.29, 1.82) is 0 Å². The molecule has 0 aliphatic heterocycles. The molecule has 1 unspecified atom stereocenters. The van der Waals surface area contributed by atoms with E-state index >= 15 is 0 Å². The molecule has 2 nitrogen and oxygen atoms in total. The van der Waals surface area contributed by atoms with Gasteiger partial charge in [-0.25, -0.2) is 0 Å². The quantitative estimate of drug-likeness (QED) is 0.804. The third-order valence-electron chi connectivity index (χ3n) is 3.46. The summed E-state index contributed by atoms with van der Waals surface area (Å²) in [4.78, 5) is 14.5. The van der Waals surface area contributed by atoms with Gasteiger partial charge in [-0.3, -0.25) is 4.79 Å². The van der Waals surface area contributed by atoms with Gasteiger partial charge in [0, 0.05) is 18.2 Å². The van der Waals surface area contributed by atoms with Gasteiger partial charge in [-0.15, -0.1) is 0 Å². The van der Waals surface area contributed by atoms with Crippen LogP contribution in [-0.2, 0) is 11.2 Å². The summed E-state index contributed by atoms with van der Waals surface area (Å²) in [6.07, 6.45) is 0.781. The molecular weight excluding hydrogens is 246 g/mol. The normalized spacial score (nSPS) is 11.9. The van der Waals surface area contributed by atoms with Crippen molar-refractivity contribution in [2.45, 2.75) is 20.3 Å². The molecule has 0 heterocycles. The van der Waals surface area contributed by atoms with Crippen LogP contribution >= 0.6 is 0 Å². The van der Waals surface area contributed by atoms with Crippen LogP contribution in [0.3, 0.4) is 0 Å². The Balaban J connectivity index is 2.09. The summed E-state index contributed by atoms with van der Waals surface area (Å²) in [7, 11) is 0. The molecule has 1 atom stereocenters. The zero-order valence-corrected chi connectivity index (χ0v) is 12.1. The smallest absolute Gasteiger partial charge is 0.230 e. The molecule has 0 fully saturated rings. The molecule has 0 aromatic heterocycles. The second kappa shape index (κ2) is 6.90. The molecule has 0 saturated carbocycles. The van der Waals surface area contributed by atoms with Gasteiger partial charge in [-0.2, -0.15) is 0 Å². The lowest BCUT2D eigenvalue weighted by Gasteiger charge is -2.24. The van der Waals surface area contributed by atoms with Crippen LogP contribution in [-0.4, -0.2) is 12.5 Å². The van der Waals surface area contributed by atoms with Crippen LogP contribution in [0.2, 0.25) is 0 Å². The van der Waals surface area contributed by atoms with E-state index in [1.807, 2.05) is 67.3 Å². The minimum absolute atomic E-state index is 0.0162. The van der Waals surface area contributed by atoms with Crippen LogP contribution in [0.1, 0.15) is 19.4 Å². The Morgan fingerprint density at radius 2 is 1.55 bits per heavy atom. The summed E-state index contributed by atoms with van der Waals surface area (Å²) in [5.74, 6) is 0.167. The largest absolute Gasteiger partial charge is 0.312 e. The number of amides is 1. The maximum Gasteiger partial charge on any atom is 0.230 e. The fraction of sp³-hybridized carbons (Fsp3) is 0.278. The highest BCUT2D eigenvalue weighted by atomic mass is 16.2. The topological polar surface area (TPSA) is 20.3 Å². The number of carbonyl (C=O) groups is 1. The Morgan fingerprint density at radius 1 is 1.00 bits per heavy atom. The van der Waals surface area contributed by atoms with Crippen molar-refractivity contribution in [2.75, 3.05) is 11.4 Å². The average molecular weight is 267 g/mol. The number of hydrogen-bond donors (Lipinski definition) is 0. The number of para-hydroxylation sites is 1. The lowest BCUT2D eigenvalue weighted by Crippen LogP contribution is -2.35. The van der Waals surface area contributed by atoms with Crippen LogP contribution in [0.5, 0.6) is 0 Å². The first-order valence-electron chi connectivity index (χ1n) is 7.12. The van der Waals surface area contributed by atoms with Gasteiger partial charge in [0.1, 0.15) is 0 Å². The summed E-state index contributed by atoms with van der Waals surface area (Å²) >= 11 is 0. The molecule has 0 saturated heterocycles. The van der Waals surface area contributed by atoms with E-state index in [9.17, 15) is 4.79 Å². The number of benzene rings is 2. The Labute approximate surface area is 121 Å². The highest BCUT2D eigenvalue weighted by molar-refractivity contribution is 5.94. The summed E-state index contributed by atoms with van der Waals surface area (Å²) in [5.41, 5.74) is 2.18. The van der Waals surface area contributed by atoms with Gasteiger partial charge in [-0.05, 0) is 31.0 Å². The minimum Gasteiger partial charge on any atom is -0.312 e. The first kappa shape index (κ1) is 14.3. The van der Waals surface area contributed by atoms with Crippen molar-refractivity contribution < 1.29 is 4.79 Å². The SMILES string of the molecule is CCN(C(=O)C(C)Cc1ccccc1)c1ccccc1. The third kappa shape index (κ3) is 3.47. The van der Waals surface area contributed by atoms with Gasteiger partial charge < -0.3 is 4.90 Å². The summed E-state index contributed by atoms with van der Waals surface area (Å²) in [5, 5.41) is 0. The maximum atomic E-state index is 12.6. The molecule has 2 aromatic carbocycles. The maximum absolute atomic E-state index is 12.6. The fourth-order valence-electron chi connectivity index (χ4n) is 2.39. The van der Waals surface area contributed by atoms with Gasteiger partial charge in [0.2, 0.25) is 5.91 Å². The fourth-order valence-corrected chi connectivity index (χ4v) is 2.39. The van der Waals surface area contributed by atoms with Crippen LogP contribution < -0.4 is 4.90 Å². The molecule has 0 spiro atoms. The minimum atomic E-state index is -0.0162.